The molecule has 0 saturated heterocycles. The van der Waals surface area contributed by atoms with Crippen LogP contribution in [0.15, 0.2) is 65.1 Å². The summed E-state index contributed by atoms with van der Waals surface area (Å²) in [4.78, 5) is 16.0. The molecule has 1 aromatic heterocycles. The van der Waals surface area contributed by atoms with Crippen LogP contribution in [0.4, 0.5) is 10.7 Å². The minimum absolute atomic E-state index is 0.00788. The molecule has 1 amide bonds. The maximum atomic E-state index is 11.9. The van der Waals surface area contributed by atoms with E-state index in [4.69, 9.17) is 14.4 Å². The molecule has 3 aromatic rings. The van der Waals surface area contributed by atoms with Gasteiger partial charge in [0.05, 0.1) is 0 Å². The lowest BCUT2D eigenvalue weighted by Gasteiger charge is -2.04. The van der Waals surface area contributed by atoms with Gasteiger partial charge in [-0.1, -0.05) is 60.7 Å². The SMILES string of the molecule is N#Cc1nc(Cc2ccccc2)oc1NC(=O)OCc1ccccc1. The summed E-state index contributed by atoms with van der Waals surface area (Å²) in [5.74, 6) is 0.340. The third kappa shape index (κ3) is 4.45. The van der Waals surface area contributed by atoms with Crippen LogP contribution in [0, 0.1) is 11.3 Å². The predicted molar refractivity (Wildman–Crippen MR) is 90.7 cm³/mol. The molecule has 0 aliphatic heterocycles. The zero-order valence-electron chi connectivity index (χ0n) is 13.3. The number of nitrogens with zero attached hydrogens (tertiary/aromatic N) is 2. The minimum atomic E-state index is -0.706. The summed E-state index contributed by atoms with van der Waals surface area (Å²) in [7, 11) is 0. The van der Waals surface area contributed by atoms with Crippen LogP contribution >= 0.6 is 0 Å². The van der Waals surface area contributed by atoms with Crippen LogP contribution in [0.25, 0.3) is 0 Å². The number of amides is 1. The maximum Gasteiger partial charge on any atom is 0.414 e. The van der Waals surface area contributed by atoms with Crippen molar-refractivity contribution in [3.8, 4) is 6.07 Å². The maximum absolute atomic E-state index is 11.9. The molecule has 0 saturated carbocycles. The van der Waals surface area contributed by atoms with Crippen LogP contribution in [-0.4, -0.2) is 11.1 Å². The molecule has 3 rings (SSSR count). The van der Waals surface area contributed by atoms with Crippen molar-refractivity contribution in [2.45, 2.75) is 13.0 Å². The number of benzene rings is 2. The van der Waals surface area contributed by atoms with Crippen LogP contribution in [-0.2, 0) is 17.8 Å². The van der Waals surface area contributed by atoms with Crippen LogP contribution in [0.1, 0.15) is 22.7 Å². The summed E-state index contributed by atoms with van der Waals surface area (Å²) in [5.41, 5.74) is 1.87. The number of hydrogen-bond acceptors (Lipinski definition) is 5. The van der Waals surface area contributed by atoms with Gasteiger partial charge < -0.3 is 9.15 Å². The van der Waals surface area contributed by atoms with Gasteiger partial charge in [0.1, 0.15) is 12.7 Å². The molecule has 0 aliphatic rings. The molecule has 6 heteroatoms. The monoisotopic (exact) mass is 333 g/mol. The van der Waals surface area contributed by atoms with Crippen molar-refractivity contribution in [2.75, 3.05) is 5.32 Å². The first-order chi connectivity index (χ1) is 12.2. The second-order valence-corrected chi connectivity index (χ2v) is 5.25. The molecule has 124 valence electrons. The van der Waals surface area contributed by atoms with E-state index in [-0.39, 0.29) is 18.2 Å². The minimum Gasteiger partial charge on any atom is -0.444 e. The number of hydrogen-bond donors (Lipinski definition) is 1. The fourth-order valence-corrected chi connectivity index (χ4v) is 2.22. The van der Waals surface area contributed by atoms with Gasteiger partial charge in [0.2, 0.25) is 17.5 Å². The van der Waals surface area contributed by atoms with Crippen molar-refractivity contribution in [3.05, 3.63) is 83.4 Å². The molecule has 0 unspecified atom stereocenters. The van der Waals surface area contributed by atoms with Gasteiger partial charge in [0.15, 0.2) is 0 Å². The number of aromatic nitrogens is 1. The van der Waals surface area contributed by atoms with E-state index in [1.807, 2.05) is 66.7 Å². The van der Waals surface area contributed by atoms with E-state index in [1.54, 1.807) is 0 Å². The van der Waals surface area contributed by atoms with E-state index >= 15 is 0 Å². The molecule has 0 radical (unpaired) electrons. The Morgan fingerprint density at radius 1 is 1.08 bits per heavy atom. The van der Waals surface area contributed by atoms with Crippen molar-refractivity contribution >= 4 is 12.0 Å². The Labute approximate surface area is 144 Å². The van der Waals surface area contributed by atoms with Gasteiger partial charge in [-0.15, -0.1) is 0 Å². The summed E-state index contributed by atoms with van der Waals surface area (Å²) in [6.07, 6.45) is -0.279. The van der Waals surface area contributed by atoms with E-state index in [9.17, 15) is 4.79 Å². The highest BCUT2D eigenvalue weighted by Gasteiger charge is 2.16. The van der Waals surface area contributed by atoms with Gasteiger partial charge in [0.25, 0.3) is 0 Å². The highest BCUT2D eigenvalue weighted by molar-refractivity contribution is 5.84. The second kappa shape index (κ2) is 7.79. The number of oxazole rings is 1. The highest BCUT2D eigenvalue weighted by atomic mass is 16.6. The average molecular weight is 333 g/mol. The molecule has 6 nitrogen and oxygen atoms in total. The van der Waals surface area contributed by atoms with Crippen LogP contribution in [0.2, 0.25) is 0 Å². The third-order valence-electron chi connectivity index (χ3n) is 3.40. The molecule has 0 atom stereocenters. The van der Waals surface area contributed by atoms with Crippen molar-refractivity contribution < 1.29 is 13.9 Å². The molecule has 1 N–H and O–H groups in total. The van der Waals surface area contributed by atoms with Crippen LogP contribution in [0.5, 0.6) is 0 Å². The van der Waals surface area contributed by atoms with Crippen molar-refractivity contribution in [1.82, 2.24) is 4.98 Å². The Balaban J connectivity index is 1.63. The van der Waals surface area contributed by atoms with E-state index < -0.39 is 6.09 Å². The molecule has 0 spiro atoms. The molecule has 25 heavy (non-hydrogen) atoms. The van der Waals surface area contributed by atoms with Gasteiger partial charge >= 0.3 is 6.09 Å². The van der Waals surface area contributed by atoms with Crippen molar-refractivity contribution in [2.24, 2.45) is 0 Å². The summed E-state index contributed by atoms with van der Waals surface area (Å²) < 4.78 is 10.6. The largest absolute Gasteiger partial charge is 0.444 e. The van der Waals surface area contributed by atoms with Gasteiger partial charge in [-0.05, 0) is 11.1 Å². The van der Waals surface area contributed by atoms with E-state index in [1.165, 1.54) is 0 Å². The Kier molecular flexibility index (Phi) is 5.07. The summed E-state index contributed by atoms with van der Waals surface area (Å²) in [6, 6.07) is 20.8. The van der Waals surface area contributed by atoms with E-state index in [2.05, 4.69) is 10.3 Å². The standard InChI is InChI=1S/C19H15N3O3/c20-12-16-18(22-19(23)24-13-15-9-5-2-6-10-15)25-17(21-16)11-14-7-3-1-4-8-14/h1-10H,11,13H2,(H,22,23). The fraction of sp³-hybridized carbons (Fsp3) is 0.105. The van der Waals surface area contributed by atoms with Gasteiger partial charge in [-0.25, -0.2) is 9.78 Å². The molecule has 0 aliphatic carbocycles. The molecule has 1 heterocycles. The smallest absolute Gasteiger partial charge is 0.414 e. The number of carbonyl (C=O) groups excluding carboxylic acids is 1. The number of ether oxygens (including phenoxy) is 1. The Hall–Kier alpha value is -3.59. The summed E-state index contributed by atoms with van der Waals surface area (Å²) in [5, 5.41) is 11.6. The molecule has 2 aromatic carbocycles. The van der Waals surface area contributed by atoms with Gasteiger partial charge in [0, 0.05) is 6.42 Å². The normalized spacial score (nSPS) is 10.0. The zero-order valence-corrected chi connectivity index (χ0v) is 13.3. The van der Waals surface area contributed by atoms with Crippen LogP contribution < -0.4 is 5.32 Å². The Bertz CT molecular complexity index is 883. The average Bonchev–Trinajstić information content (AvgIpc) is 3.03. The highest BCUT2D eigenvalue weighted by Crippen LogP contribution is 2.19. The molecular formula is C19H15N3O3. The second-order valence-electron chi connectivity index (χ2n) is 5.25. The zero-order chi connectivity index (χ0) is 17.5. The lowest BCUT2D eigenvalue weighted by molar-refractivity contribution is 0.154. The fourth-order valence-electron chi connectivity index (χ4n) is 2.22. The quantitative estimate of drug-likeness (QED) is 0.765. The predicted octanol–water partition coefficient (Wildman–Crippen LogP) is 3.89. The first-order valence-corrected chi connectivity index (χ1v) is 7.66. The molecule has 0 bridgehead atoms. The summed E-state index contributed by atoms with van der Waals surface area (Å²) >= 11 is 0. The van der Waals surface area contributed by atoms with E-state index in [0.717, 1.165) is 11.1 Å². The van der Waals surface area contributed by atoms with Crippen molar-refractivity contribution in [1.29, 1.82) is 5.26 Å². The van der Waals surface area contributed by atoms with Gasteiger partial charge in [-0.2, -0.15) is 5.26 Å². The number of nitrogens with one attached hydrogen (secondary N) is 1. The number of rotatable bonds is 5. The van der Waals surface area contributed by atoms with Gasteiger partial charge in [-0.3, -0.25) is 5.32 Å². The molecule has 0 fully saturated rings. The van der Waals surface area contributed by atoms with Crippen molar-refractivity contribution in [3.63, 3.8) is 0 Å². The number of anilines is 1. The first-order valence-electron chi connectivity index (χ1n) is 7.66. The lowest BCUT2D eigenvalue weighted by atomic mass is 10.1. The number of carbonyl (C=O) groups is 1. The third-order valence-corrected chi connectivity index (χ3v) is 3.40. The lowest BCUT2D eigenvalue weighted by Crippen LogP contribution is -2.13. The molecular weight excluding hydrogens is 318 g/mol. The van der Waals surface area contributed by atoms with E-state index in [0.29, 0.717) is 12.3 Å². The summed E-state index contributed by atoms with van der Waals surface area (Å²) in [6.45, 7) is 0.125. The number of nitriles is 1. The first kappa shape index (κ1) is 16.3. The van der Waals surface area contributed by atoms with Crippen LogP contribution in [0.3, 0.4) is 0 Å². The Morgan fingerprint density at radius 3 is 2.36 bits per heavy atom. The Morgan fingerprint density at radius 2 is 1.72 bits per heavy atom. The topological polar surface area (TPSA) is 88.2 Å².